The summed E-state index contributed by atoms with van der Waals surface area (Å²) in [5.41, 5.74) is 0. The van der Waals surface area contributed by atoms with Gasteiger partial charge in [-0.1, -0.05) is 121 Å². The van der Waals surface area contributed by atoms with Crippen molar-refractivity contribution in [1.82, 2.24) is 0 Å². The topological polar surface area (TPSA) is 74.6 Å². The van der Waals surface area contributed by atoms with E-state index in [0.717, 1.165) is 0 Å². The molecule has 240 valence electrons. The summed E-state index contributed by atoms with van der Waals surface area (Å²) in [6, 6.07) is 44.3. The van der Waals surface area contributed by atoms with E-state index in [1.807, 2.05) is 0 Å². The van der Waals surface area contributed by atoms with Crippen molar-refractivity contribution in [2.75, 3.05) is 12.3 Å². The molecule has 7 heteroatoms. The standard InChI is InChI=1S/C28H28P2.2C5H8O2.Pd/c1-5-15-25(16-6-1)29(26-17-7-2-8-18-26)23-13-14-24-30(27-19-9-3-10-20-27)28-21-11-4-12-22-28;2*1-4(6)3-5(2)7;/h1-12,15-22H,13-14,23-24H2;2*3,6H,1-2H3;/b;2*4-3-;. The normalized spacial score (nSPS) is 11.0. The molecule has 0 fully saturated rings. The molecular formula is C38H44O4P2Pd. The van der Waals surface area contributed by atoms with Crippen LogP contribution in [-0.2, 0) is 30.0 Å². The molecule has 0 saturated heterocycles. The van der Waals surface area contributed by atoms with Crippen LogP contribution in [-0.4, -0.2) is 34.1 Å². The molecule has 2 N–H and O–H groups in total. The molecule has 0 bridgehead atoms. The minimum absolute atomic E-state index is 0. The minimum atomic E-state index is -0.283. The first-order chi connectivity index (χ1) is 21.2. The smallest absolute Gasteiger partial charge is 0.155 e. The van der Waals surface area contributed by atoms with E-state index < -0.39 is 0 Å². The van der Waals surface area contributed by atoms with Gasteiger partial charge in [-0.15, -0.1) is 0 Å². The third kappa shape index (κ3) is 17.2. The van der Waals surface area contributed by atoms with Crippen LogP contribution in [0.5, 0.6) is 0 Å². The van der Waals surface area contributed by atoms with Gasteiger partial charge in [-0.2, -0.15) is 0 Å². The van der Waals surface area contributed by atoms with Gasteiger partial charge >= 0.3 is 0 Å². The van der Waals surface area contributed by atoms with E-state index in [2.05, 4.69) is 121 Å². The molecule has 0 saturated carbocycles. The molecule has 45 heavy (non-hydrogen) atoms. The number of aliphatic hydroxyl groups excluding tert-OH is 2. The molecule has 0 amide bonds. The van der Waals surface area contributed by atoms with E-state index in [1.165, 1.54) is 86.2 Å². The third-order valence-corrected chi connectivity index (χ3v) is 11.3. The molecule has 0 aliphatic rings. The number of hydrogen-bond acceptors (Lipinski definition) is 4. The summed E-state index contributed by atoms with van der Waals surface area (Å²) in [5.74, 6) is -0.125. The fourth-order valence-corrected chi connectivity index (χ4v) is 9.21. The van der Waals surface area contributed by atoms with Gasteiger partial charge in [-0.05, 0) is 89.9 Å². The van der Waals surface area contributed by atoms with Crippen LogP contribution in [0.2, 0.25) is 0 Å². The van der Waals surface area contributed by atoms with Gasteiger partial charge in [0.25, 0.3) is 0 Å². The maximum atomic E-state index is 10.0. The molecule has 0 aliphatic carbocycles. The second-order valence-corrected chi connectivity index (χ2v) is 14.8. The average Bonchev–Trinajstić information content (AvgIpc) is 3.00. The molecule has 0 unspecified atom stereocenters. The van der Waals surface area contributed by atoms with Gasteiger partial charge in [0.2, 0.25) is 0 Å². The van der Waals surface area contributed by atoms with Crippen LogP contribution in [0, 0.1) is 0 Å². The molecule has 4 aromatic carbocycles. The number of carbonyl (C=O) groups excluding carboxylic acids is 2. The first kappa shape index (κ1) is 39.8. The predicted octanol–water partition coefficient (Wildman–Crippen LogP) is 8.10. The van der Waals surface area contributed by atoms with Crippen LogP contribution in [0.1, 0.15) is 40.5 Å². The minimum Gasteiger partial charge on any atom is -0.512 e. The number of aliphatic hydroxyl groups is 2. The van der Waals surface area contributed by atoms with Crippen molar-refractivity contribution < 1.29 is 40.2 Å². The van der Waals surface area contributed by atoms with Gasteiger partial charge in [0.15, 0.2) is 11.6 Å². The fraction of sp³-hybridized carbons (Fsp3) is 0.211. The summed E-state index contributed by atoms with van der Waals surface area (Å²) < 4.78 is 0. The Bertz CT molecular complexity index is 1240. The van der Waals surface area contributed by atoms with Crippen molar-refractivity contribution in [1.29, 1.82) is 0 Å². The summed E-state index contributed by atoms with van der Waals surface area (Å²) in [4.78, 5) is 20.0. The van der Waals surface area contributed by atoms with Crippen LogP contribution in [0.4, 0.5) is 0 Å². The van der Waals surface area contributed by atoms with E-state index in [0.29, 0.717) is 0 Å². The number of carbonyl (C=O) groups is 2. The summed E-state index contributed by atoms with van der Waals surface area (Å²) in [5, 5.41) is 22.7. The molecule has 4 nitrogen and oxygen atoms in total. The van der Waals surface area contributed by atoms with Gasteiger partial charge in [0.1, 0.15) is 0 Å². The Hall–Kier alpha value is -3.18. The van der Waals surface area contributed by atoms with Crippen molar-refractivity contribution in [2.45, 2.75) is 40.5 Å². The van der Waals surface area contributed by atoms with Crippen LogP contribution in [0.3, 0.4) is 0 Å². The molecule has 0 aromatic heterocycles. The Kier molecular flexibility index (Phi) is 20.5. The molecule has 0 spiro atoms. The summed E-state index contributed by atoms with van der Waals surface area (Å²) in [6.07, 6.45) is 7.40. The van der Waals surface area contributed by atoms with Crippen molar-refractivity contribution in [3.05, 3.63) is 145 Å². The van der Waals surface area contributed by atoms with E-state index in [4.69, 9.17) is 10.2 Å². The van der Waals surface area contributed by atoms with Gasteiger partial charge in [0.05, 0.1) is 11.5 Å². The number of allylic oxidation sites excluding steroid dienone is 4. The van der Waals surface area contributed by atoms with Crippen LogP contribution < -0.4 is 21.2 Å². The quantitative estimate of drug-likeness (QED) is 0.0538. The van der Waals surface area contributed by atoms with Gasteiger partial charge < -0.3 is 10.2 Å². The van der Waals surface area contributed by atoms with E-state index in [9.17, 15) is 9.59 Å². The summed E-state index contributed by atoms with van der Waals surface area (Å²) >= 11 is 0. The molecule has 0 heterocycles. The van der Waals surface area contributed by atoms with Crippen LogP contribution in [0.15, 0.2) is 145 Å². The number of ketones is 2. The predicted molar refractivity (Wildman–Crippen MR) is 191 cm³/mol. The Labute approximate surface area is 285 Å². The average molecular weight is 733 g/mol. The van der Waals surface area contributed by atoms with E-state index in [1.54, 1.807) is 0 Å². The van der Waals surface area contributed by atoms with Crippen molar-refractivity contribution in [3.63, 3.8) is 0 Å². The Morgan fingerprint density at radius 2 is 0.711 bits per heavy atom. The summed E-state index contributed by atoms with van der Waals surface area (Å²) in [7, 11) is -0.566. The van der Waals surface area contributed by atoms with Crippen LogP contribution >= 0.6 is 15.8 Å². The molecule has 0 atom stereocenters. The second kappa shape index (κ2) is 23.2. The Morgan fingerprint density at radius 3 is 0.867 bits per heavy atom. The molecule has 4 rings (SSSR count). The number of unbranched alkanes of at least 4 members (excludes halogenated alkanes) is 1. The van der Waals surface area contributed by atoms with Crippen LogP contribution in [0.25, 0.3) is 0 Å². The Balaban J connectivity index is 0.000000566. The maximum absolute atomic E-state index is 10.0. The van der Waals surface area contributed by atoms with Gasteiger partial charge in [-0.25, -0.2) is 0 Å². The Morgan fingerprint density at radius 1 is 0.489 bits per heavy atom. The fourth-order valence-electron chi connectivity index (χ4n) is 4.37. The zero-order valence-corrected chi connectivity index (χ0v) is 29.8. The molecular weight excluding hydrogens is 689 g/mol. The van der Waals surface area contributed by atoms with Gasteiger partial charge in [-0.3, -0.25) is 9.59 Å². The van der Waals surface area contributed by atoms with Crippen molar-refractivity contribution in [3.8, 4) is 0 Å². The zero-order valence-electron chi connectivity index (χ0n) is 26.5. The van der Waals surface area contributed by atoms with Crippen molar-refractivity contribution in [2.24, 2.45) is 0 Å². The molecule has 4 aromatic rings. The monoisotopic (exact) mass is 732 g/mol. The maximum Gasteiger partial charge on any atom is 0.155 e. The third-order valence-electron chi connectivity index (χ3n) is 6.11. The van der Waals surface area contributed by atoms with E-state index >= 15 is 0 Å². The summed E-state index contributed by atoms with van der Waals surface area (Å²) in [6.45, 7) is 5.70. The first-order valence-electron chi connectivity index (χ1n) is 14.7. The molecule has 0 aliphatic heterocycles. The van der Waals surface area contributed by atoms with Gasteiger partial charge in [0, 0.05) is 32.6 Å². The van der Waals surface area contributed by atoms with E-state index in [-0.39, 0.29) is 59.4 Å². The molecule has 0 radical (unpaired) electrons. The van der Waals surface area contributed by atoms with Crippen molar-refractivity contribution >= 4 is 48.6 Å². The SMILES string of the molecule is CC(=O)/C=C(/C)O.CC(=O)/C=C(/C)O.[Pd].c1ccc(P(CCCCP(c2ccccc2)c2ccccc2)c2ccccc2)cc1. The largest absolute Gasteiger partial charge is 0.512 e. The number of benzene rings is 4. The number of rotatable bonds is 11. The number of hydrogen-bond donors (Lipinski definition) is 2. The first-order valence-corrected chi connectivity index (χ1v) is 17.7. The zero-order chi connectivity index (χ0) is 32.2. The second-order valence-electron chi connectivity index (χ2n) is 10.1.